The zero-order valence-corrected chi connectivity index (χ0v) is 19.0. The van der Waals surface area contributed by atoms with Gasteiger partial charge in [0.15, 0.2) is 11.5 Å². The Morgan fingerprint density at radius 1 is 0.935 bits per heavy atom. The molecule has 1 N–H and O–H groups in total. The molecule has 0 aliphatic carbocycles. The number of aliphatic hydroxyl groups is 1. The van der Waals surface area contributed by atoms with Crippen molar-refractivity contribution in [1.82, 2.24) is 9.80 Å². The molecule has 170 valence electrons. The third-order valence-corrected chi connectivity index (χ3v) is 5.66. The lowest BCUT2D eigenvalue weighted by Gasteiger charge is -2.28. The van der Waals surface area contributed by atoms with Gasteiger partial charge in [0.2, 0.25) is 0 Å². The molecule has 6 nitrogen and oxygen atoms in total. The molecule has 6 heteroatoms. The van der Waals surface area contributed by atoms with Crippen LogP contribution >= 0.6 is 0 Å². The minimum absolute atomic E-state index is 0.257. The summed E-state index contributed by atoms with van der Waals surface area (Å²) in [6.45, 7) is 4.58. The van der Waals surface area contributed by atoms with Crippen molar-refractivity contribution in [3.63, 3.8) is 0 Å². The highest BCUT2D eigenvalue weighted by Gasteiger charge is 2.16. The maximum atomic E-state index is 10.4. The monoisotopic (exact) mass is 428 g/mol. The number of methoxy groups -OCH3 is 2. The van der Waals surface area contributed by atoms with Gasteiger partial charge in [-0.05, 0) is 56.7 Å². The van der Waals surface area contributed by atoms with Gasteiger partial charge in [0.1, 0.15) is 18.5 Å². The predicted octanol–water partition coefficient (Wildman–Crippen LogP) is 3.56. The number of aliphatic hydroxyl groups excluding tert-OH is 1. The van der Waals surface area contributed by atoms with Crippen LogP contribution in [0.1, 0.15) is 30.4 Å². The van der Waals surface area contributed by atoms with Gasteiger partial charge in [-0.15, -0.1) is 0 Å². The molecule has 0 saturated carbocycles. The first-order valence-electron chi connectivity index (χ1n) is 11.1. The quantitative estimate of drug-likeness (QED) is 0.591. The number of β-amino-alcohol motifs (C(OH)–C–C–N with tert-alkyl or cyclic N) is 1. The highest BCUT2D eigenvalue weighted by atomic mass is 16.5. The van der Waals surface area contributed by atoms with E-state index in [-0.39, 0.29) is 6.61 Å². The van der Waals surface area contributed by atoms with Crippen molar-refractivity contribution in [2.45, 2.75) is 38.5 Å². The summed E-state index contributed by atoms with van der Waals surface area (Å²) >= 11 is 0. The van der Waals surface area contributed by atoms with Crippen molar-refractivity contribution >= 4 is 0 Å². The highest BCUT2D eigenvalue weighted by molar-refractivity contribution is 5.43. The Bertz CT molecular complexity index is 808. The van der Waals surface area contributed by atoms with E-state index in [1.165, 1.54) is 19.3 Å². The Balaban J connectivity index is 1.57. The SMILES string of the molecule is COc1ccccc1CN(C)Cc1ccc(OC)c(OC[C@@H](O)CN2CCCCC2)c1. The van der Waals surface area contributed by atoms with Gasteiger partial charge in [0.05, 0.1) is 14.2 Å². The second kappa shape index (κ2) is 11.9. The molecule has 0 spiro atoms. The molecule has 1 fully saturated rings. The van der Waals surface area contributed by atoms with E-state index in [0.29, 0.717) is 18.0 Å². The molecule has 0 radical (unpaired) electrons. The minimum atomic E-state index is -0.514. The maximum absolute atomic E-state index is 10.4. The van der Waals surface area contributed by atoms with Crippen molar-refractivity contribution < 1.29 is 19.3 Å². The molecule has 1 heterocycles. The topological polar surface area (TPSA) is 54.4 Å². The maximum Gasteiger partial charge on any atom is 0.161 e. The van der Waals surface area contributed by atoms with Gasteiger partial charge >= 0.3 is 0 Å². The van der Waals surface area contributed by atoms with E-state index in [2.05, 4.69) is 29.0 Å². The summed E-state index contributed by atoms with van der Waals surface area (Å²) in [5.41, 5.74) is 2.28. The van der Waals surface area contributed by atoms with Gasteiger partial charge in [0.25, 0.3) is 0 Å². The average Bonchev–Trinajstić information content (AvgIpc) is 2.79. The van der Waals surface area contributed by atoms with Crippen LogP contribution in [0.25, 0.3) is 0 Å². The fourth-order valence-corrected chi connectivity index (χ4v) is 4.10. The molecule has 2 aromatic carbocycles. The second-order valence-corrected chi connectivity index (χ2v) is 8.30. The Labute approximate surface area is 186 Å². The average molecular weight is 429 g/mol. The highest BCUT2D eigenvalue weighted by Crippen LogP contribution is 2.29. The standard InChI is InChI=1S/C25H36N2O4/c1-26(17-21-9-5-6-10-23(21)29-2)16-20-11-12-24(30-3)25(15-20)31-19-22(28)18-27-13-7-4-8-14-27/h5-6,9-12,15,22,28H,4,7-8,13-14,16-19H2,1-3H3/t22-/m0/s1. The molecule has 0 aromatic heterocycles. The first kappa shape index (κ1) is 23.4. The molecule has 1 aliphatic rings. The lowest BCUT2D eigenvalue weighted by Crippen LogP contribution is -2.38. The van der Waals surface area contributed by atoms with E-state index in [0.717, 1.165) is 43.1 Å². The van der Waals surface area contributed by atoms with Gasteiger partial charge in [-0.3, -0.25) is 4.90 Å². The summed E-state index contributed by atoms with van der Waals surface area (Å²) < 4.78 is 16.9. The van der Waals surface area contributed by atoms with Crippen molar-refractivity contribution in [3.05, 3.63) is 53.6 Å². The molecular weight excluding hydrogens is 392 g/mol. The van der Waals surface area contributed by atoms with Crippen LogP contribution in [0.2, 0.25) is 0 Å². The van der Waals surface area contributed by atoms with Crippen LogP contribution in [0.4, 0.5) is 0 Å². The molecule has 3 rings (SSSR count). The van der Waals surface area contributed by atoms with Crippen LogP contribution in [0.3, 0.4) is 0 Å². The van der Waals surface area contributed by atoms with E-state index in [1.807, 2.05) is 30.3 Å². The second-order valence-electron chi connectivity index (χ2n) is 8.30. The fraction of sp³-hybridized carbons (Fsp3) is 0.520. The number of likely N-dealkylation sites (tertiary alicyclic amines) is 1. The minimum Gasteiger partial charge on any atom is -0.496 e. The number of nitrogens with zero attached hydrogens (tertiary/aromatic N) is 2. The van der Waals surface area contributed by atoms with E-state index in [1.54, 1.807) is 14.2 Å². The van der Waals surface area contributed by atoms with Gasteiger partial charge in [-0.25, -0.2) is 0 Å². The molecule has 2 aromatic rings. The molecule has 0 unspecified atom stereocenters. The van der Waals surface area contributed by atoms with Crippen LogP contribution in [0.15, 0.2) is 42.5 Å². The van der Waals surface area contributed by atoms with Crippen molar-refractivity contribution in [1.29, 1.82) is 0 Å². The van der Waals surface area contributed by atoms with Crippen molar-refractivity contribution in [2.24, 2.45) is 0 Å². The molecule has 0 bridgehead atoms. The molecule has 1 aliphatic heterocycles. The number of hydrogen-bond donors (Lipinski definition) is 1. The smallest absolute Gasteiger partial charge is 0.161 e. The predicted molar refractivity (Wildman–Crippen MR) is 123 cm³/mol. The summed E-state index contributed by atoms with van der Waals surface area (Å²) in [6, 6.07) is 14.1. The number of hydrogen-bond acceptors (Lipinski definition) is 6. The largest absolute Gasteiger partial charge is 0.496 e. The van der Waals surface area contributed by atoms with E-state index in [9.17, 15) is 5.11 Å². The lowest BCUT2D eigenvalue weighted by molar-refractivity contribution is 0.0608. The van der Waals surface area contributed by atoms with Crippen LogP contribution in [0.5, 0.6) is 17.2 Å². The van der Waals surface area contributed by atoms with Gasteiger partial charge in [-0.1, -0.05) is 30.7 Å². The Kier molecular flexibility index (Phi) is 9.00. The first-order chi connectivity index (χ1) is 15.1. The zero-order chi connectivity index (χ0) is 22.1. The number of ether oxygens (including phenoxy) is 3. The summed E-state index contributed by atoms with van der Waals surface area (Å²) in [5, 5.41) is 10.4. The summed E-state index contributed by atoms with van der Waals surface area (Å²) in [4.78, 5) is 4.55. The molecule has 1 atom stereocenters. The lowest BCUT2D eigenvalue weighted by atomic mass is 10.1. The number of piperidine rings is 1. The fourth-order valence-electron chi connectivity index (χ4n) is 4.10. The Hall–Kier alpha value is -2.28. The van der Waals surface area contributed by atoms with Crippen LogP contribution in [-0.2, 0) is 13.1 Å². The molecule has 0 amide bonds. The van der Waals surface area contributed by atoms with Crippen molar-refractivity contribution in [2.75, 3.05) is 47.5 Å². The van der Waals surface area contributed by atoms with Crippen LogP contribution in [0, 0.1) is 0 Å². The Morgan fingerprint density at radius 2 is 1.68 bits per heavy atom. The van der Waals surface area contributed by atoms with Gasteiger partial charge < -0.3 is 24.2 Å². The third kappa shape index (κ3) is 7.13. The Morgan fingerprint density at radius 3 is 2.42 bits per heavy atom. The number of benzene rings is 2. The van der Waals surface area contributed by atoms with Crippen molar-refractivity contribution in [3.8, 4) is 17.2 Å². The molecule has 1 saturated heterocycles. The van der Waals surface area contributed by atoms with E-state index >= 15 is 0 Å². The number of rotatable bonds is 11. The van der Waals surface area contributed by atoms with E-state index in [4.69, 9.17) is 14.2 Å². The summed E-state index contributed by atoms with van der Waals surface area (Å²) in [5.74, 6) is 2.25. The summed E-state index contributed by atoms with van der Waals surface area (Å²) in [7, 11) is 5.42. The molecule has 31 heavy (non-hydrogen) atoms. The van der Waals surface area contributed by atoms with Crippen LogP contribution in [-0.4, -0.2) is 68.5 Å². The van der Waals surface area contributed by atoms with Gasteiger partial charge in [0, 0.05) is 25.2 Å². The van der Waals surface area contributed by atoms with Crippen LogP contribution < -0.4 is 14.2 Å². The zero-order valence-electron chi connectivity index (χ0n) is 19.0. The normalized spacial score (nSPS) is 15.6. The number of para-hydroxylation sites is 1. The summed E-state index contributed by atoms with van der Waals surface area (Å²) in [6.07, 6.45) is 3.20. The van der Waals surface area contributed by atoms with Gasteiger partial charge in [-0.2, -0.15) is 0 Å². The van der Waals surface area contributed by atoms with E-state index < -0.39 is 6.10 Å². The first-order valence-corrected chi connectivity index (χ1v) is 11.1. The molecular formula is C25H36N2O4. The third-order valence-electron chi connectivity index (χ3n) is 5.66.